The molecule has 6 nitrogen and oxygen atoms in total. The van der Waals surface area contributed by atoms with E-state index in [1.165, 1.54) is 11.8 Å². The average molecular weight is 410 g/mol. The molecule has 1 aliphatic heterocycles. The van der Waals surface area contributed by atoms with Gasteiger partial charge in [0, 0.05) is 11.8 Å². The number of hydrogen-bond donors (Lipinski definition) is 1. The summed E-state index contributed by atoms with van der Waals surface area (Å²) >= 11 is 7.72. The third kappa shape index (κ3) is 4.93. The molecule has 0 saturated heterocycles. The van der Waals surface area contributed by atoms with Gasteiger partial charge in [-0.15, -0.1) is 11.8 Å². The van der Waals surface area contributed by atoms with Gasteiger partial charge >= 0.3 is 0 Å². The number of thioether (sulfide) groups is 1. The first-order chi connectivity index (χ1) is 13.1. The van der Waals surface area contributed by atoms with Crippen LogP contribution in [0.3, 0.4) is 0 Å². The van der Waals surface area contributed by atoms with Gasteiger partial charge < -0.3 is 24.3 Å². The van der Waals surface area contributed by atoms with Crippen LogP contribution < -0.4 is 24.3 Å². The summed E-state index contributed by atoms with van der Waals surface area (Å²) < 4.78 is 21.5. The van der Waals surface area contributed by atoms with Crippen LogP contribution in [0.5, 0.6) is 23.0 Å². The summed E-state index contributed by atoms with van der Waals surface area (Å²) in [6.07, 6.45) is 0. The highest BCUT2D eigenvalue weighted by Gasteiger charge is 2.17. The Morgan fingerprint density at radius 2 is 2.00 bits per heavy atom. The SMILES string of the molecule is COc1ccc(NC(=O)CSCc2cc(Cl)c3c(c2)OCCO3)c(OC)c1. The van der Waals surface area contributed by atoms with Gasteiger partial charge in [0.05, 0.1) is 30.7 Å². The molecule has 1 heterocycles. The summed E-state index contributed by atoms with van der Waals surface area (Å²) in [7, 11) is 3.12. The Bertz CT molecular complexity index is 830. The predicted octanol–water partition coefficient (Wildman–Crippen LogP) is 4.00. The summed E-state index contributed by atoms with van der Waals surface area (Å²) in [6, 6.07) is 8.98. The Kier molecular flexibility index (Phi) is 6.58. The molecule has 0 saturated carbocycles. The lowest BCUT2D eigenvalue weighted by atomic mass is 10.2. The molecule has 0 aliphatic carbocycles. The number of nitrogens with one attached hydrogen (secondary N) is 1. The Morgan fingerprint density at radius 1 is 1.19 bits per heavy atom. The van der Waals surface area contributed by atoms with Crippen molar-refractivity contribution in [2.45, 2.75) is 5.75 Å². The molecular weight excluding hydrogens is 390 g/mol. The van der Waals surface area contributed by atoms with E-state index in [1.54, 1.807) is 32.4 Å². The van der Waals surface area contributed by atoms with E-state index in [2.05, 4.69) is 5.32 Å². The molecule has 2 aromatic rings. The predicted molar refractivity (Wildman–Crippen MR) is 107 cm³/mol. The molecule has 0 fully saturated rings. The van der Waals surface area contributed by atoms with Gasteiger partial charge in [-0.05, 0) is 29.8 Å². The molecular formula is C19H20ClNO5S. The van der Waals surface area contributed by atoms with E-state index >= 15 is 0 Å². The molecule has 144 valence electrons. The van der Waals surface area contributed by atoms with Crippen LogP contribution in [0.2, 0.25) is 5.02 Å². The molecule has 1 aliphatic rings. The molecule has 1 amide bonds. The Hall–Kier alpha value is -2.25. The molecule has 27 heavy (non-hydrogen) atoms. The van der Waals surface area contributed by atoms with E-state index < -0.39 is 0 Å². The summed E-state index contributed by atoms with van der Waals surface area (Å²) in [5, 5.41) is 3.37. The maximum absolute atomic E-state index is 12.2. The zero-order valence-corrected chi connectivity index (χ0v) is 16.6. The van der Waals surface area contributed by atoms with Gasteiger partial charge in [0.2, 0.25) is 5.91 Å². The van der Waals surface area contributed by atoms with Crippen LogP contribution in [0.1, 0.15) is 5.56 Å². The van der Waals surface area contributed by atoms with E-state index in [1.807, 2.05) is 12.1 Å². The minimum absolute atomic E-state index is 0.118. The second kappa shape index (κ2) is 9.10. The molecule has 0 bridgehead atoms. The van der Waals surface area contributed by atoms with Crippen molar-refractivity contribution in [2.24, 2.45) is 0 Å². The minimum atomic E-state index is -0.118. The van der Waals surface area contributed by atoms with Crippen LogP contribution in [-0.4, -0.2) is 39.1 Å². The highest BCUT2D eigenvalue weighted by molar-refractivity contribution is 7.99. The van der Waals surface area contributed by atoms with Gasteiger partial charge in [0.25, 0.3) is 0 Å². The Morgan fingerprint density at radius 3 is 2.78 bits per heavy atom. The van der Waals surface area contributed by atoms with Crippen LogP contribution >= 0.6 is 23.4 Å². The highest BCUT2D eigenvalue weighted by atomic mass is 35.5. The van der Waals surface area contributed by atoms with E-state index in [4.69, 9.17) is 30.5 Å². The zero-order valence-electron chi connectivity index (χ0n) is 15.0. The fourth-order valence-electron chi connectivity index (χ4n) is 2.60. The quantitative estimate of drug-likeness (QED) is 0.745. The topological polar surface area (TPSA) is 66.0 Å². The van der Waals surface area contributed by atoms with Gasteiger partial charge in [-0.1, -0.05) is 11.6 Å². The second-order valence-corrected chi connectivity index (χ2v) is 7.10. The number of fused-ring (bicyclic) bond motifs is 1. The lowest BCUT2D eigenvalue weighted by Crippen LogP contribution is -2.16. The lowest BCUT2D eigenvalue weighted by molar-refractivity contribution is -0.113. The molecule has 0 radical (unpaired) electrons. The van der Waals surface area contributed by atoms with Gasteiger partial charge in [0.15, 0.2) is 11.5 Å². The number of anilines is 1. The van der Waals surface area contributed by atoms with Crippen molar-refractivity contribution >= 4 is 35.0 Å². The summed E-state index contributed by atoms with van der Waals surface area (Å²) in [5.74, 6) is 3.25. The molecule has 2 aromatic carbocycles. The third-order valence-electron chi connectivity index (χ3n) is 3.84. The van der Waals surface area contributed by atoms with Crippen molar-refractivity contribution in [3.8, 4) is 23.0 Å². The molecule has 3 rings (SSSR count). The van der Waals surface area contributed by atoms with E-state index in [-0.39, 0.29) is 5.91 Å². The first kappa shape index (κ1) is 19.5. The maximum Gasteiger partial charge on any atom is 0.234 e. The number of carbonyl (C=O) groups excluding carboxylic acids is 1. The summed E-state index contributed by atoms with van der Waals surface area (Å²) in [6.45, 7) is 1.00. The van der Waals surface area contributed by atoms with Crippen molar-refractivity contribution in [3.05, 3.63) is 40.9 Å². The fraction of sp³-hybridized carbons (Fsp3) is 0.316. The summed E-state index contributed by atoms with van der Waals surface area (Å²) in [5.41, 5.74) is 1.58. The van der Waals surface area contributed by atoms with E-state index in [0.29, 0.717) is 58.4 Å². The van der Waals surface area contributed by atoms with Gasteiger partial charge in [0.1, 0.15) is 24.7 Å². The first-order valence-corrected chi connectivity index (χ1v) is 9.81. The van der Waals surface area contributed by atoms with Crippen LogP contribution in [0, 0.1) is 0 Å². The van der Waals surface area contributed by atoms with Crippen molar-refractivity contribution < 1.29 is 23.7 Å². The monoisotopic (exact) mass is 409 g/mol. The minimum Gasteiger partial charge on any atom is -0.497 e. The molecule has 1 N–H and O–H groups in total. The van der Waals surface area contributed by atoms with E-state index in [9.17, 15) is 4.79 Å². The third-order valence-corrected chi connectivity index (χ3v) is 5.13. The van der Waals surface area contributed by atoms with Gasteiger partial charge in [-0.3, -0.25) is 4.79 Å². The van der Waals surface area contributed by atoms with Crippen LogP contribution in [0.15, 0.2) is 30.3 Å². The van der Waals surface area contributed by atoms with Crippen molar-refractivity contribution in [3.63, 3.8) is 0 Å². The number of amides is 1. The lowest BCUT2D eigenvalue weighted by Gasteiger charge is -2.20. The number of benzene rings is 2. The maximum atomic E-state index is 12.2. The number of methoxy groups -OCH3 is 2. The molecule has 8 heteroatoms. The Labute approximate surface area is 167 Å². The number of rotatable bonds is 7. The van der Waals surface area contributed by atoms with Crippen molar-refractivity contribution in [1.29, 1.82) is 0 Å². The molecule has 0 spiro atoms. The fourth-order valence-corrected chi connectivity index (χ4v) is 3.65. The van der Waals surface area contributed by atoms with Crippen LogP contribution in [0.25, 0.3) is 0 Å². The Balaban J connectivity index is 1.55. The number of carbonyl (C=O) groups is 1. The van der Waals surface area contributed by atoms with Crippen LogP contribution in [0.4, 0.5) is 5.69 Å². The number of hydrogen-bond acceptors (Lipinski definition) is 6. The van der Waals surface area contributed by atoms with Gasteiger partial charge in [-0.2, -0.15) is 0 Å². The number of ether oxygens (including phenoxy) is 4. The molecule has 0 aromatic heterocycles. The smallest absolute Gasteiger partial charge is 0.234 e. The van der Waals surface area contributed by atoms with Crippen LogP contribution in [-0.2, 0) is 10.5 Å². The molecule has 0 unspecified atom stereocenters. The van der Waals surface area contributed by atoms with Crippen molar-refractivity contribution in [2.75, 3.05) is 38.5 Å². The van der Waals surface area contributed by atoms with Gasteiger partial charge in [-0.25, -0.2) is 0 Å². The molecule has 0 atom stereocenters. The largest absolute Gasteiger partial charge is 0.497 e. The first-order valence-electron chi connectivity index (χ1n) is 8.28. The normalized spacial score (nSPS) is 12.4. The standard InChI is InChI=1S/C19H20ClNO5S/c1-23-13-3-4-15(16(9-13)24-2)21-18(22)11-27-10-12-7-14(20)19-17(8-12)25-5-6-26-19/h3-4,7-9H,5-6,10-11H2,1-2H3,(H,21,22). The van der Waals surface area contributed by atoms with Crippen molar-refractivity contribution in [1.82, 2.24) is 0 Å². The zero-order chi connectivity index (χ0) is 19.2. The summed E-state index contributed by atoms with van der Waals surface area (Å²) in [4.78, 5) is 12.2. The van der Waals surface area contributed by atoms with E-state index in [0.717, 1.165) is 5.56 Å². The number of halogens is 1. The highest BCUT2D eigenvalue weighted by Crippen LogP contribution is 2.39. The average Bonchev–Trinajstić information content (AvgIpc) is 2.68. The second-order valence-electron chi connectivity index (χ2n) is 5.71.